The molecular formula is C30H38N2O7. The Hall–Kier alpha value is -4.01. The molecular weight excluding hydrogens is 500 g/mol. The summed E-state index contributed by atoms with van der Waals surface area (Å²) in [7, 11) is 0. The fourth-order valence-corrected chi connectivity index (χ4v) is 3.69. The van der Waals surface area contributed by atoms with E-state index in [1.54, 1.807) is 6.92 Å². The number of alkyl carbamates (subject to hydrolysis) is 1. The minimum absolute atomic E-state index is 0.0979. The standard InChI is InChI=1S/C30H38N2O7/c1-7-35-27(33)25-19-38-26(32-25)20-37-24-15-11-22(12-16-24)30(5,6)21-9-13-23(14-10-21)36-18-8-17-31-28(34)39-29(2,3)4/h9-16,19H,7-8,17-18,20H2,1-6H3,(H,31,34). The number of nitrogens with zero attached hydrogens (tertiary/aromatic N) is 1. The van der Waals surface area contributed by atoms with Crippen LogP contribution in [0.5, 0.6) is 11.5 Å². The molecule has 9 nitrogen and oxygen atoms in total. The van der Waals surface area contributed by atoms with E-state index < -0.39 is 17.7 Å². The molecule has 39 heavy (non-hydrogen) atoms. The highest BCUT2D eigenvalue weighted by Gasteiger charge is 2.23. The molecule has 0 aliphatic carbocycles. The van der Waals surface area contributed by atoms with Crippen molar-refractivity contribution in [3.8, 4) is 11.5 Å². The predicted molar refractivity (Wildman–Crippen MR) is 146 cm³/mol. The third-order valence-electron chi connectivity index (χ3n) is 5.81. The first kappa shape index (κ1) is 29.5. The van der Waals surface area contributed by atoms with Crippen molar-refractivity contribution in [1.29, 1.82) is 0 Å². The van der Waals surface area contributed by atoms with Crippen molar-refractivity contribution in [2.45, 2.75) is 65.6 Å². The minimum Gasteiger partial charge on any atom is -0.494 e. The van der Waals surface area contributed by atoms with Gasteiger partial charge in [-0.3, -0.25) is 0 Å². The van der Waals surface area contributed by atoms with E-state index in [2.05, 4.69) is 36.3 Å². The van der Waals surface area contributed by atoms with Crippen molar-refractivity contribution in [2.75, 3.05) is 19.8 Å². The van der Waals surface area contributed by atoms with Gasteiger partial charge in [-0.25, -0.2) is 14.6 Å². The SMILES string of the molecule is CCOC(=O)c1coc(COc2ccc(C(C)(C)c3ccc(OCCCNC(=O)OC(C)(C)C)cc3)cc2)n1. The highest BCUT2D eigenvalue weighted by molar-refractivity contribution is 5.86. The lowest BCUT2D eigenvalue weighted by molar-refractivity contribution is 0.0511. The third kappa shape index (κ3) is 9.05. The summed E-state index contributed by atoms with van der Waals surface area (Å²) in [5.74, 6) is 1.21. The van der Waals surface area contributed by atoms with E-state index in [4.69, 9.17) is 23.4 Å². The summed E-state index contributed by atoms with van der Waals surface area (Å²) in [6, 6.07) is 15.9. The Balaban J connectivity index is 1.47. The lowest BCUT2D eigenvalue weighted by atomic mass is 9.78. The largest absolute Gasteiger partial charge is 0.494 e. The zero-order valence-corrected chi connectivity index (χ0v) is 23.5. The fourth-order valence-electron chi connectivity index (χ4n) is 3.69. The molecule has 2 aromatic carbocycles. The van der Waals surface area contributed by atoms with E-state index >= 15 is 0 Å². The molecule has 210 valence electrons. The number of oxazole rings is 1. The van der Waals surface area contributed by atoms with Gasteiger partial charge in [-0.15, -0.1) is 0 Å². The van der Waals surface area contributed by atoms with Crippen LogP contribution in [-0.2, 0) is 21.5 Å². The number of benzene rings is 2. The molecule has 1 amide bonds. The lowest BCUT2D eigenvalue weighted by Gasteiger charge is -2.26. The van der Waals surface area contributed by atoms with Crippen LogP contribution in [0.2, 0.25) is 0 Å². The fraction of sp³-hybridized carbons (Fsp3) is 0.433. The molecule has 0 fully saturated rings. The highest BCUT2D eigenvalue weighted by atomic mass is 16.6. The number of esters is 1. The number of amides is 1. The molecule has 0 unspecified atom stereocenters. The second kappa shape index (κ2) is 13.2. The molecule has 9 heteroatoms. The summed E-state index contributed by atoms with van der Waals surface area (Å²) in [5, 5.41) is 2.73. The molecule has 0 aliphatic heterocycles. The van der Waals surface area contributed by atoms with Crippen LogP contribution in [0.25, 0.3) is 0 Å². The van der Waals surface area contributed by atoms with Gasteiger partial charge in [-0.05, 0) is 69.5 Å². The highest BCUT2D eigenvalue weighted by Crippen LogP contribution is 2.33. The van der Waals surface area contributed by atoms with E-state index in [1.807, 2.05) is 57.2 Å². The van der Waals surface area contributed by atoms with Gasteiger partial charge in [0.25, 0.3) is 0 Å². The van der Waals surface area contributed by atoms with Gasteiger partial charge >= 0.3 is 12.1 Å². The van der Waals surface area contributed by atoms with Gasteiger partial charge in [0, 0.05) is 12.0 Å². The molecule has 0 saturated carbocycles. The number of carbonyl (C=O) groups is 2. The number of carbonyl (C=O) groups excluding carboxylic acids is 2. The Bertz CT molecular complexity index is 1210. The summed E-state index contributed by atoms with van der Waals surface area (Å²) in [6.45, 7) is 12.9. The Labute approximate surface area is 229 Å². The lowest BCUT2D eigenvalue weighted by Crippen LogP contribution is -2.33. The number of nitrogens with one attached hydrogen (secondary N) is 1. The van der Waals surface area contributed by atoms with Crippen molar-refractivity contribution in [3.63, 3.8) is 0 Å². The molecule has 0 bridgehead atoms. The van der Waals surface area contributed by atoms with Crippen LogP contribution in [-0.4, -0.2) is 42.4 Å². The molecule has 0 spiro atoms. The molecule has 0 atom stereocenters. The Morgan fingerprint density at radius 2 is 1.49 bits per heavy atom. The molecule has 1 heterocycles. The van der Waals surface area contributed by atoms with Crippen molar-refractivity contribution in [3.05, 3.63) is 77.5 Å². The van der Waals surface area contributed by atoms with Crippen LogP contribution < -0.4 is 14.8 Å². The van der Waals surface area contributed by atoms with Gasteiger partial charge < -0.3 is 28.7 Å². The first-order valence-electron chi connectivity index (χ1n) is 13.0. The Kier molecular flexibility index (Phi) is 9.98. The molecule has 0 radical (unpaired) electrons. The average molecular weight is 539 g/mol. The van der Waals surface area contributed by atoms with Crippen molar-refractivity contribution >= 4 is 12.1 Å². The van der Waals surface area contributed by atoms with Gasteiger partial charge in [0.05, 0.1) is 13.2 Å². The predicted octanol–water partition coefficient (Wildman–Crippen LogP) is 6.05. The topological polar surface area (TPSA) is 109 Å². The number of ether oxygens (including phenoxy) is 4. The summed E-state index contributed by atoms with van der Waals surface area (Å²) < 4.78 is 27.0. The average Bonchev–Trinajstić information content (AvgIpc) is 3.36. The first-order valence-corrected chi connectivity index (χ1v) is 13.0. The summed E-state index contributed by atoms with van der Waals surface area (Å²) >= 11 is 0. The van der Waals surface area contributed by atoms with Crippen LogP contribution in [0.4, 0.5) is 4.79 Å². The Morgan fingerprint density at radius 1 is 0.897 bits per heavy atom. The third-order valence-corrected chi connectivity index (χ3v) is 5.81. The van der Waals surface area contributed by atoms with Gasteiger partial charge in [0.2, 0.25) is 5.89 Å². The van der Waals surface area contributed by atoms with Crippen LogP contribution in [0, 0.1) is 0 Å². The molecule has 1 aromatic heterocycles. The van der Waals surface area contributed by atoms with Crippen molar-refractivity contribution < 1.29 is 33.0 Å². The van der Waals surface area contributed by atoms with Crippen LogP contribution in [0.15, 0.2) is 59.2 Å². The van der Waals surface area contributed by atoms with Crippen LogP contribution >= 0.6 is 0 Å². The number of aromatic nitrogens is 1. The van der Waals surface area contributed by atoms with E-state index in [0.717, 1.165) is 16.9 Å². The maximum Gasteiger partial charge on any atom is 0.407 e. The monoisotopic (exact) mass is 538 g/mol. The molecule has 3 aromatic rings. The first-order chi connectivity index (χ1) is 18.5. The van der Waals surface area contributed by atoms with E-state index in [-0.39, 0.29) is 24.3 Å². The second-order valence-electron chi connectivity index (χ2n) is 10.4. The Morgan fingerprint density at radius 3 is 2.05 bits per heavy atom. The zero-order chi connectivity index (χ0) is 28.5. The molecule has 0 aliphatic rings. The van der Waals surface area contributed by atoms with Gasteiger partial charge in [-0.2, -0.15) is 0 Å². The molecule has 1 N–H and O–H groups in total. The van der Waals surface area contributed by atoms with Gasteiger partial charge in [-0.1, -0.05) is 38.1 Å². The van der Waals surface area contributed by atoms with Crippen LogP contribution in [0.1, 0.15) is 75.5 Å². The van der Waals surface area contributed by atoms with Crippen LogP contribution in [0.3, 0.4) is 0 Å². The van der Waals surface area contributed by atoms with Gasteiger partial charge in [0.1, 0.15) is 23.4 Å². The number of hydrogen-bond acceptors (Lipinski definition) is 8. The maximum absolute atomic E-state index is 11.7. The van der Waals surface area contributed by atoms with E-state index in [0.29, 0.717) is 31.2 Å². The summed E-state index contributed by atoms with van der Waals surface area (Å²) in [6.07, 6.45) is 1.51. The van der Waals surface area contributed by atoms with Gasteiger partial charge in [0.15, 0.2) is 12.3 Å². The quantitative estimate of drug-likeness (QED) is 0.219. The minimum atomic E-state index is -0.522. The second-order valence-corrected chi connectivity index (χ2v) is 10.4. The normalized spacial score (nSPS) is 11.5. The molecule has 0 saturated heterocycles. The van der Waals surface area contributed by atoms with Crippen molar-refractivity contribution in [1.82, 2.24) is 10.3 Å². The number of rotatable bonds is 12. The summed E-state index contributed by atoms with van der Waals surface area (Å²) in [5.41, 5.74) is 1.63. The number of hydrogen-bond donors (Lipinski definition) is 1. The van der Waals surface area contributed by atoms with E-state index in [9.17, 15) is 9.59 Å². The smallest absolute Gasteiger partial charge is 0.407 e. The maximum atomic E-state index is 11.7. The zero-order valence-electron chi connectivity index (χ0n) is 23.5. The molecule has 3 rings (SSSR count). The van der Waals surface area contributed by atoms with Crippen molar-refractivity contribution in [2.24, 2.45) is 0 Å². The summed E-state index contributed by atoms with van der Waals surface area (Å²) in [4.78, 5) is 27.5. The van der Waals surface area contributed by atoms with E-state index in [1.165, 1.54) is 6.26 Å².